The number of nitrogens with two attached hydrogens (primary N) is 1. The van der Waals surface area contributed by atoms with Gasteiger partial charge in [0.2, 0.25) is 0 Å². The van der Waals surface area contributed by atoms with Gasteiger partial charge in [0.25, 0.3) is 0 Å². The molecule has 0 aliphatic carbocycles. The van der Waals surface area contributed by atoms with Gasteiger partial charge in [0.1, 0.15) is 0 Å². The summed E-state index contributed by atoms with van der Waals surface area (Å²) >= 11 is 0. The molecule has 0 aromatic heterocycles. The maximum atomic E-state index is 5.99. The molecule has 0 rings (SSSR count). The fourth-order valence-corrected chi connectivity index (χ4v) is 1.53. The smallest absolute Gasteiger partial charge is 0.0474 e. The lowest BCUT2D eigenvalue weighted by Crippen LogP contribution is -2.35. The summed E-state index contributed by atoms with van der Waals surface area (Å²) < 4.78 is 5.00. The third-order valence-electron chi connectivity index (χ3n) is 2.36. The average molecular weight is 202 g/mol. The summed E-state index contributed by atoms with van der Waals surface area (Å²) in [5.41, 5.74) is 5.99. The Kier molecular flexibility index (Phi) is 9.35. The summed E-state index contributed by atoms with van der Waals surface area (Å²) in [6.45, 7) is 5.13. The molecular weight excluding hydrogens is 176 g/mol. The topological polar surface area (TPSA) is 38.5 Å². The third-order valence-corrected chi connectivity index (χ3v) is 2.36. The molecule has 0 spiro atoms. The molecule has 0 bridgehead atoms. The van der Waals surface area contributed by atoms with Crippen molar-refractivity contribution in [3.05, 3.63) is 0 Å². The molecular formula is C11H26N2O. The van der Waals surface area contributed by atoms with Crippen LogP contribution >= 0.6 is 0 Å². The number of nitrogens with zero attached hydrogens (tertiary/aromatic N) is 1. The van der Waals surface area contributed by atoms with E-state index in [4.69, 9.17) is 10.5 Å². The van der Waals surface area contributed by atoms with Gasteiger partial charge < -0.3 is 15.4 Å². The lowest BCUT2D eigenvalue weighted by atomic mass is 10.1. The van der Waals surface area contributed by atoms with Crippen molar-refractivity contribution >= 4 is 0 Å². The van der Waals surface area contributed by atoms with Crippen LogP contribution in [0.3, 0.4) is 0 Å². The van der Waals surface area contributed by atoms with E-state index in [-0.39, 0.29) is 0 Å². The highest BCUT2D eigenvalue weighted by atomic mass is 16.5. The predicted octanol–water partition coefficient (Wildman–Crippen LogP) is 1.47. The molecule has 0 saturated heterocycles. The van der Waals surface area contributed by atoms with E-state index < -0.39 is 0 Å². The van der Waals surface area contributed by atoms with Crippen molar-refractivity contribution in [1.29, 1.82) is 0 Å². The number of likely N-dealkylation sites (N-methyl/N-ethyl adjacent to an activating group) is 1. The van der Waals surface area contributed by atoms with Crippen LogP contribution in [0, 0.1) is 0 Å². The van der Waals surface area contributed by atoms with Gasteiger partial charge in [0.15, 0.2) is 0 Å². The van der Waals surface area contributed by atoms with Gasteiger partial charge in [-0.15, -0.1) is 0 Å². The van der Waals surface area contributed by atoms with Gasteiger partial charge in [-0.05, 0) is 19.9 Å². The molecule has 0 amide bonds. The third kappa shape index (κ3) is 8.48. The first kappa shape index (κ1) is 13.9. The van der Waals surface area contributed by atoms with Crippen LogP contribution < -0.4 is 5.73 Å². The fourth-order valence-electron chi connectivity index (χ4n) is 1.53. The van der Waals surface area contributed by atoms with Crippen molar-refractivity contribution in [2.75, 3.05) is 33.9 Å². The van der Waals surface area contributed by atoms with Crippen molar-refractivity contribution < 1.29 is 4.74 Å². The Morgan fingerprint density at radius 3 is 2.64 bits per heavy atom. The van der Waals surface area contributed by atoms with E-state index in [0.717, 1.165) is 32.5 Å². The summed E-state index contributed by atoms with van der Waals surface area (Å²) in [5, 5.41) is 0. The maximum absolute atomic E-state index is 5.99. The standard InChI is InChI=1S/C11H26N2O/c1-4-5-7-11(12)10-13(2)8-6-9-14-3/h11H,4-10,12H2,1-3H3. The molecule has 0 radical (unpaired) electrons. The second kappa shape index (κ2) is 9.44. The first-order chi connectivity index (χ1) is 6.70. The van der Waals surface area contributed by atoms with Crippen LogP contribution in [0.25, 0.3) is 0 Å². The highest BCUT2D eigenvalue weighted by Gasteiger charge is 2.05. The van der Waals surface area contributed by atoms with E-state index in [2.05, 4.69) is 18.9 Å². The molecule has 3 nitrogen and oxygen atoms in total. The number of methoxy groups -OCH3 is 1. The van der Waals surface area contributed by atoms with Crippen LogP contribution in [0.4, 0.5) is 0 Å². The quantitative estimate of drug-likeness (QED) is 0.575. The molecule has 0 heterocycles. The zero-order chi connectivity index (χ0) is 10.8. The summed E-state index contributed by atoms with van der Waals surface area (Å²) in [6, 6.07) is 0.336. The lowest BCUT2D eigenvalue weighted by molar-refractivity contribution is 0.177. The normalized spacial score (nSPS) is 13.5. The molecule has 0 fully saturated rings. The summed E-state index contributed by atoms with van der Waals surface area (Å²) in [5.74, 6) is 0. The largest absolute Gasteiger partial charge is 0.385 e. The molecule has 0 aromatic carbocycles. The molecule has 3 heteroatoms. The SMILES string of the molecule is CCCCC(N)CN(C)CCCOC. The molecule has 0 aromatic rings. The van der Waals surface area contributed by atoms with Gasteiger partial charge in [-0.3, -0.25) is 0 Å². The maximum Gasteiger partial charge on any atom is 0.0474 e. The van der Waals surface area contributed by atoms with Crippen molar-refractivity contribution in [3.63, 3.8) is 0 Å². The zero-order valence-corrected chi connectivity index (χ0v) is 9.96. The van der Waals surface area contributed by atoms with Gasteiger partial charge >= 0.3 is 0 Å². The van der Waals surface area contributed by atoms with Gasteiger partial charge in [-0.25, -0.2) is 0 Å². The lowest BCUT2D eigenvalue weighted by Gasteiger charge is -2.20. The van der Waals surface area contributed by atoms with Crippen molar-refractivity contribution in [1.82, 2.24) is 4.90 Å². The minimum absolute atomic E-state index is 0.336. The number of rotatable bonds is 9. The number of unbranched alkanes of at least 4 members (excludes halogenated alkanes) is 1. The average Bonchev–Trinajstić information content (AvgIpc) is 2.15. The molecule has 86 valence electrons. The van der Waals surface area contributed by atoms with E-state index in [0.29, 0.717) is 6.04 Å². The minimum atomic E-state index is 0.336. The second-order valence-electron chi connectivity index (χ2n) is 4.01. The number of ether oxygens (including phenoxy) is 1. The monoisotopic (exact) mass is 202 g/mol. The van der Waals surface area contributed by atoms with E-state index in [9.17, 15) is 0 Å². The Hall–Kier alpha value is -0.120. The Morgan fingerprint density at radius 2 is 2.07 bits per heavy atom. The Labute approximate surface area is 88.6 Å². The first-order valence-electron chi connectivity index (χ1n) is 5.63. The highest BCUT2D eigenvalue weighted by Crippen LogP contribution is 2.00. The van der Waals surface area contributed by atoms with E-state index in [1.807, 2.05) is 0 Å². The zero-order valence-electron chi connectivity index (χ0n) is 9.96. The van der Waals surface area contributed by atoms with Crippen LogP contribution in [-0.4, -0.2) is 44.8 Å². The van der Waals surface area contributed by atoms with Gasteiger partial charge in [0, 0.05) is 32.8 Å². The van der Waals surface area contributed by atoms with E-state index >= 15 is 0 Å². The summed E-state index contributed by atoms with van der Waals surface area (Å²) in [6.07, 6.45) is 4.72. The van der Waals surface area contributed by atoms with Crippen LogP contribution in [0.2, 0.25) is 0 Å². The van der Waals surface area contributed by atoms with E-state index in [1.54, 1.807) is 7.11 Å². The summed E-state index contributed by atoms with van der Waals surface area (Å²) in [7, 11) is 3.87. The number of hydrogen-bond acceptors (Lipinski definition) is 3. The first-order valence-corrected chi connectivity index (χ1v) is 5.63. The molecule has 2 N–H and O–H groups in total. The van der Waals surface area contributed by atoms with Gasteiger partial charge in [0.05, 0.1) is 0 Å². The second-order valence-corrected chi connectivity index (χ2v) is 4.01. The van der Waals surface area contributed by atoms with Crippen LogP contribution in [-0.2, 0) is 4.74 Å². The summed E-state index contributed by atoms with van der Waals surface area (Å²) in [4.78, 5) is 2.29. The van der Waals surface area contributed by atoms with Gasteiger partial charge in [-0.2, -0.15) is 0 Å². The Bertz CT molecular complexity index is 120. The van der Waals surface area contributed by atoms with Crippen LogP contribution in [0.15, 0.2) is 0 Å². The predicted molar refractivity (Wildman–Crippen MR) is 61.5 cm³/mol. The van der Waals surface area contributed by atoms with Crippen molar-refractivity contribution in [3.8, 4) is 0 Å². The van der Waals surface area contributed by atoms with Crippen molar-refractivity contribution in [2.24, 2.45) is 5.73 Å². The van der Waals surface area contributed by atoms with Crippen LogP contribution in [0.5, 0.6) is 0 Å². The molecule has 1 unspecified atom stereocenters. The minimum Gasteiger partial charge on any atom is -0.385 e. The van der Waals surface area contributed by atoms with Crippen LogP contribution in [0.1, 0.15) is 32.6 Å². The highest BCUT2D eigenvalue weighted by molar-refractivity contribution is 4.65. The molecule has 1 atom stereocenters. The van der Waals surface area contributed by atoms with E-state index in [1.165, 1.54) is 12.8 Å². The molecule has 0 aliphatic rings. The molecule has 14 heavy (non-hydrogen) atoms. The van der Waals surface area contributed by atoms with Gasteiger partial charge in [-0.1, -0.05) is 19.8 Å². The molecule has 0 saturated carbocycles. The Morgan fingerprint density at radius 1 is 1.36 bits per heavy atom. The molecule has 0 aliphatic heterocycles. The van der Waals surface area contributed by atoms with Crippen molar-refractivity contribution in [2.45, 2.75) is 38.6 Å². The number of hydrogen-bond donors (Lipinski definition) is 1. The fraction of sp³-hybridized carbons (Fsp3) is 1.00. The Balaban J connectivity index is 3.35.